The molecule has 0 spiro atoms. The van der Waals surface area contributed by atoms with Crippen LogP contribution in [-0.2, 0) is 28.8 Å². The number of hydrogen-bond donors (Lipinski definition) is 5. The van der Waals surface area contributed by atoms with Crippen molar-refractivity contribution in [2.45, 2.75) is 136 Å². The molecule has 0 aromatic heterocycles. The first-order chi connectivity index (χ1) is 22.3. The van der Waals surface area contributed by atoms with Gasteiger partial charge >= 0.3 is 5.97 Å². The predicted octanol–water partition coefficient (Wildman–Crippen LogP) is 2.16. The quantitative estimate of drug-likeness (QED) is 0.114. The van der Waals surface area contributed by atoms with Gasteiger partial charge in [0.15, 0.2) is 5.78 Å². The second-order valence-electron chi connectivity index (χ2n) is 15.2. The topological polar surface area (TPSA) is 185 Å². The Hall–Kier alpha value is -3.32. The Morgan fingerprint density at radius 2 is 1.65 bits per heavy atom. The molecule has 2 heterocycles. The van der Waals surface area contributed by atoms with Gasteiger partial charge in [-0.05, 0) is 72.1 Å². The van der Waals surface area contributed by atoms with E-state index in [-0.39, 0.29) is 67.3 Å². The van der Waals surface area contributed by atoms with Gasteiger partial charge in [-0.25, -0.2) is 0 Å². The standard InChI is InChI=1S/C35H59N5O8/c1-8-9-13-23(19-30(44)45)18-28(42)36-16-11-10-14-25(31(46)34(2,3)4)38-32(47)27-20-24(41)22-40(27)33(48)26-15-12-17-39(26)29(43)21-37-35(5,6)7/h8-9,23-27,37,41H,10-22H2,1-7H3,(H,36,42)(H,38,47)(H,44,45)/b9-8+/t23?,24?,25?,26-,27-/m1/s1. The van der Waals surface area contributed by atoms with Crippen molar-refractivity contribution in [3.8, 4) is 0 Å². The van der Waals surface area contributed by atoms with E-state index in [4.69, 9.17) is 5.11 Å². The number of aliphatic hydroxyl groups is 1. The number of nitrogens with one attached hydrogen (secondary N) is 3. The number of carboxylic acids is 1. The SMILES string of the molecule is C/C=C/CC(CC(=O)O)CC(=O)NCCCCC(NC(=O)[C@H]1CC(O)CN1C(=O)[C@H]1CCCN1C(=O)CNC(C)(C)C)C(=O)C(C)(C)C. The van der Waals surface area contributed by atoms with Crippen molar-refractivity contribution in [1.29, 1.82) is 0 Å². The van der Waals surface area contributed by atoms with Crippen LogP contribution in [0.15, 0.2) is 12.2 Å². The van der Waals surface area contributed by atoms with E-state index >= 15 is 0 Å². The molecule has 0 bridgehead atoms. The lowest BCUT2D eigenvalue weighted by atomic mass is 9.84. The monoisotopic (exact) mass is 677 g/mol. The Morgan fingerprint density at radius 3 is 2.25 bits per heavy atom. The largest absolute Gasteiger partial charge is 0.481 e. The molecule has 2 fully saturated rings. The minimum atomic E-state index is -0.978. The number of Topliss-reactive ketones (excluding diaryl/α,β-unsaturated/α-hetero) is 1. The van der Waals surface area contributed by atoms with Crippen LogP contribution in [0.3, 0.4) is 0 Å². The highest BCUT2D eigenvalue weighted by molar-refractivity contribution is 5.96. The highest BCUT2D eigenvalue weighted by atomic mass is 16.4. The number of allylic oxidation sites excluding steroid dienone is 2. The van der Waals surface area contributed by atoms with Gasteiger partial charge in [0.1, 0.15) is 12.1 Å². The van der Waals surface area contributed by atoms with Crippen LogP contribution >= 0.6 is 0 Å². The Kier molecular flexibility index (Phi) is 15.7. The van der Waals surface area contributed by atoms with Gasteiger partial charge < -0.3 is 36.0 Å². The molecule has 5 N–H and O–H groups in total. The summed E-state index contributed by atoms with van der Waals surface area (Å²) in [5.41, 5.74) is -1.03. The Labute approximate surface area is 285 Å². The molecule has 3 unspecified atom stereocenters. The van der Waals surface area contributed by atoms with Gasteiger partial charge in [-0.2, -0.15) is 0 Å². The van der Waals surface area contributed by atoms with Gasteiger partial charge in [-0.1, -0.05) is 32.9 Å². The molecule has 48 heavy (non-hydrogen) atoms. The molecular formula is C35H59N5O8. The molecule has 0 saturated carbocycles. The van der Waals surface area contributed by atoms with Crippen molar-refractivity contribution < 1.29 is 39.0 Å². The molecule has 0 aromatic rings. The van der Waals surface area contributed by atoms with E-state index in [9.17, 15) is 33.9 Å². The van der Waals surface area contributed by atoms with Crippen molar-refractivity contribution in [3.63, 3.8) is 0 Å². The van der Waals surface area contributed by atoms with Crippen LogP contribution in [0.1, 0.15) is 106 Å². The van der Waals surface area contributed by atoms with E-state index in [0.29, 0.717) is 51.6 Å². The smallest absolute Gasteiger partial charge is 0.303 e. The maximum absolute atomic E-state index is 13.8. The van der Waals surface area contributed by atoms with Gasteiger partial charge in [0.05, 0.1) is 18.7 Å². The normalized spacial score (nSPS) is 21.3. The Balaban J connectivity index is 2.02. The number of aliphatic hydroxyl groups excluding tert-OH is 1. The molecule has 13 nitrogen and oxygen atoms in total. The number of hydrogen-bond acceptors (Lipinski definition) is 8. The molecule has 2 saturated heterocycles. The van der Waals surface area contributed by atoms with Gasteiger partial charge in [0.25, 0.3) is 0 Å². The predicted molar refractivity (Wildman–Crippen MR) is 182 cm³/mol. The summed E-state index contributed by atoms with van der Waals surface area (Å²) < 4.78 is 0. The first-order valence-electron chi connectivity index (χ1n) is 17.3. The molecule has 0 aliphatic carbocycles. The number of carboxylic acid groups (broad SMARTS) is 1. The first-order valence-corrected chi connectivity index (χ1v) is 17.3. The maximum atomic E-state index is 13.8. The number of likely N-dealkylation sites (tertiary alicyclic amines) is 2. The van der Waals surface area contributed by atoms with Crippen molar-refractivity contribution in [1.82, 2.24) is 25.8 Å². The van der Waals surface area contributed by atoms with Crippen molar-refractivity contribution >= 4 is 35.4 Å². The lowest BCUT2D eigenvalue weighted by Gasteiger charge is -2.32. The third-order valence-corrected chi connectivity index (χ3v) is 8.75. The van der Waals surface area contributed by atoms with Crippen LogP contribution in [0.2, 0.25) is 0 Å². The number of nitrogens with zero attached hydrogens (tertiary/aromatic N) is 2. The van der Waals surface area contributed by atoms with Crippen LogP contribution in [0.5, 0.6) is 0 Å². The van der Waals surface area contributed by atoms with E-state index in [1.54, 1.807) is 25.7 Å². The van der Waals surface area contributed by atoms with E-state index in [1.165, 1.54) is 4.90 Å². The number of carbonyl (C=O) groups is 6. The van der Waals surface area contributed by atoms with Crippen LogP contribution in [0, 0.1) is 11.3 Å². The average molecular weight is 678 g/mol. The lowest BCUT2D eigenvalue weighted by Crippen LogP contribution is -2.56. The highest BCUT2D eigenvalue weighted by Crippen LogP contribution is 2.26. The van der Waals surface area contributed by atoms with Crippen LogP contribution in [0.25, 0.3) is 0 Å². The zero-order valence-electron chi connectivity index (χ0n) is 30.0. The number of ketones is 1. The Morgan fingerprint density at radius 1 is 0.958 bits per heavy atom. The molecule has 2 aliphatic rings. The fourth-order valence-corrected chi connectivity index (χ4v) is 6.17. The zero-order chi connectivity index (χ0) is 36.2. The second-order valence-corrected chi connectivity index (χ2v) is 15.2. The highest BCUT2D eigenvalue weighted by Gasteiger charge is 2.45. The van der Waals surface area contributed by atoms with Gasteiger partial charge in [-0.3, -0.25) is 28.8 Å². The van der Waals surface area contributed by atoms with E-state index < -0.39 is 41.5 Å². The molecule has 272 valence electrons. The number of carbonyl (C=O) groups excluding carboxylic acids is 5. The summed E-state index contributed by atoms with van der Waals surface area (Å²) in [6, 6.07) is -2.53. The number of amides is 4. The fourth-order valence-electron chi connectivity index (χ4n) is 6.17. The average Bonchev–Trinajstić information content (AvgIpc) is 3.63. The van der Waals surface area contributed by atoms with Crippen LogP contribution < -0.4 is 16.0 Å². The molecule has 2 aliphatic heterocycles. The molecular weight excluding hydrogens is 618 g/mol. The molecule has 5 atom stereocenters. The summed E-state index contributed by atoms with van der Waals surface area (Å²) in [5.74, 6) is -2.75. The van der Waals surface area contributed by atoms with Crippen molar-refractivity contribution in [3.05, 3.63) is 12.2 Å². The second kappa shape index (κ2) is 18.4. The van der Waals surface area contributed by atoms with Gasteiger partial charge in [0.2, 0.25) is 23.6 Å². The summed E-state index contributed by atoms with van der Waals surface area (Å²) in [4.78, 5) is 80.3. The van der Waals surface area contributed by atoms with Crippen molar-refractivity contribution in [2.75, 3.05) is 26.2 Å². The van der Waals surface area contributed by atoms with Crippen LogP contribution in [0.4, 0.5) is 0 Å². The number of aliphatic carboxylic acids is 1. The number of β-amino-alcohol motifs (C(OH)–C–C–N with tert-alkyl or cyclic N) is 1. The molecule has 0 aromatic carbocycles. The van der Waals surface area contributed by atoms with Crippen LogP contribution in [-0.4, -0.2) is 111 Å². The molecule has 0 radical (unpaired) electrons. The summed E-state index contributed by atoms with van der Waals surface area (Å²) in [5, 5.41) is 28.5. The lowest BCUT2D eigenvalue weighted by molar-refractivity contribution is -0.147. The summed E-state index contributed by atoms with van der Waals surface area (Å²) in [6.07, 6.45) is 5.79. The summed E-state index contributed by atoms with van der Waals surface area (Å²) >= 11 is 0. The fraction of sp³-hybridized carbons (Fsp3) is 0.771. The van der Waals surface area contributed by atoms with Gasteiger partial charge in [0, 0.05) is 49.9 Å². The number of rotatable bonds is 17. The maximum Gasteiger partial charge on any atom is 0.303 e. The zero-order valence-corrected chi connectivity index (χ0v) is 30.0. The molecule has 2 rings (SSSR count). The van der Waals surface area contributed by atoms with E-state index in [0.717, 1.165) is 0 Å². The number of unbranched alkanes of at least 4 members (excludes halogenated alkanes) is 1. The van der Waals surface area contributed by atoms with Gasteiger partial charge in [-0.15, -0.1) is 0 Å². The first kappa shape index (κ1) is 40.9. The minimum Gasteiger partial charge on any atom is -0.481 e. The summed E-state index contributed by atoms with van der Waals surface area (Å²) in [7, 11) is 0. The van der Waals surface area contributed by atoms with E-state index in [2.05, 4.69) is 16.0 Å². The van der Waals surface area contributed by atoms with Crippen molar-refractivity contribution in [2.24, 2.45) is 11.3 Å². The van der Waals surface area contributed by atoms with E-state index in [1.807, 2.05) is 39.8 Å². The molecule has 13 heteroatoms. The Bertz CT molecular complexity index is 1170. The minimum absolute atomic E-state index is 0.0310. The molecule has 4 amide bonds. The third kappa shape index (κ3) is 13.3. The summed E-state index contributed by atoms with van der Waals surface area (Å²) in [6.45, 7) is 13.8. The third-order valence-electron chi connectivity index (χ3n) is 8.75.